The van der Waals surface area contributed by atoms with E-state index in [0.29, 0.717) is 6.54 Å². The minimum atomic E-state index is -0.0718. The maximum absolute atomic E-state index is 12.4. The standard InChI is InChI=1S/C22H24N6O/c1-16-5-7-18(8-6-16)19-9-12-24-22-21(19)17(2)26-28(22)15-20(29)23-10-3-13-27-14-4-11-25-27/h4-9,11-12,14H,3,10,13,15H2,1-2H3,(H,23,29). The largest absolute Gasteiger partial charge is 0.354 e. The molecule has 0 aliphatic heterocycles. The van der Waals surface area contributed by atoms with Gasteiger partial charge in [-0.2, -0.15) is 10.2 Å². The van der Waals surface area contributed by atoms with Crippen LogP contribution in [0.5, 0.6) is 0 Å². The summed E-state index contributed by atoms with van der Waals surface area (Å²) in [5.41, 5.74) is 5.02. The Morgan fingerprint density at radius 2 is 1.93 bits per heavy atom. The first kappa shape index (κ1) is 18.9. The summed E-state index contributed by atoms with van der Waals surface area (Å²) in [5.74, 6) is -0.0718. The molecule has 4 rings (SSSR count). The number of aromatic nitrogens is 5. The van der Waals surface area contributed by atoms with Gasteiger partial charge in [0.2, 0.25) is 5.91 Å². The molecule has 148 valence electrons. The van der Waals surface area contributed by atoms with Gasteiger partial charge >= 0.3 is 0 Å². The number of carbonyl (C=O) groups excluding carboxylic acids is 1. The van der Waals surface area contributed by atoms with Crippen LogP contribution in [0.15, 0.2) is 55.0 Å². The number of carbonyl (C=O) groups is 1. The van der Waals surface area contributed by atoms with Crippen LogP contribution in [-0.2, 0) is 17.9 Å². The van der Waals surface area contributed by atoms with Crippen LogP contribution in [0.4, 0.5) is 0 Å². The van der Waals surface area contributed by atoms with Gasteiger partial charge in [0.05, 0.1) is 5.69 Å². The summed E-state index contributed by atoms with van der Waals surface area (Å²) < 4.78 is 3.54. The molecule has 0 bridgehead atoms. The molecule has 0 atom stereocenters. The Morgan fingerprint density at radius 3 is 2.69 bits per heavy atom. The molecule has 7 heteroatoms. The minimum Gasteiger partial charge on any atom is -0.354 e. The van der Waals surface area contributed by atoms with Crippen LogP contribution in [-0.4, -0.2) is 37.0 Å². The van der Waals surface area contributed by atoms with E-state index in [1.807, 2.05) is 29.9 Å². The number of nitrogens with zero attached hydrogens (tertiary/aromatic N) is 5. The van der Waals surface area contributed by atoms with Crippen LogP contribution in [0.3, 0.4) is 0 Å². The second-order valence-electron chi connectivity index (χ2n) is 7.14. The van der Waals surface area contributed by atoms with Crippen molar-refractivity contribution >= 4 is 16.9 Å². The Morgan fingerprint density at radius 1 is 1.10 bits per heavy atom. The number of fused-ring (bicyclic) bond motifs is 1. The van der Waals surface area contributed by atoms with Gasteiger partial charge in [-0.15, -0.1) is 0 Å². The molecule has 7 nitrogen and oxygen atoms in total. The number of amides is 1. The molecule has 0 spiro atoms. The number of nitrogens with one attached hydrogen (secondary N) is 1. The van der Waals surface area contributed by atoms with E-state index in [9.17, 15) is 4.79 Å². The van der Waals surface area contributed by atoms with Crippen LogP contribution in [0.25, 0.3) is 22.2 Å². The number of hydrogen-bond acceptors (Lipinski definition) is 4. The second-order valence-corrected chi connectivity index (χ2v) is 7.14. The highest BCUT2D eigenvalue weighted by Gasteiger charge is 2.15. The average Bonchev–Trinajstić information content (AvgIpc) is 3.34. The summed E-state index contributed by atoms with van der Waals surface area (Å²) in [5, 5.41) is 12.7. The molecule has 29 heavy (non-hydrogen) atoms. The fourth-order valence-electron chi connectivity index (χ4n) is 3.46. The van der Waals surface area contributed by atoms with Crippen molar-refractivity contribution < 1.29 is 4.79 Å². The second kappa shape index (κ2) is 8.26. The Hall–Kier alpha value is -3.48. The molecule has 4 aromatic rings. The van der Waals surface area contributed by atoms with Crippen molar-refractivity contribution in [2.45, 2.75) is 33.4 Å². The Labute approximate surface area is 169 Å². The predicted molar refractivity (Wildman–Crippen MR) is 112 cm³/mol. The quantitative estimate of drug-likeness (QED) is 0.494. The first-order chi connectivity index (χ1) is 14.1. The Kier molecular flexibility index (Phi) is 5.37. The molecule has 0 saturated carbocycles. The number of pyridine rings is 1. The van der Waals surface area contributed by atoms with Gasteiger partial charge in [-0.3, -0.25) is 9.48 Å². The van der Waals surface area contributed by atoms with Crippen molar-refractivity contribution in [3.63, 3.8) is 0 Å². The van der Waals surface area contributed by atoms with E-state index in [1.54, 1.807) is 17.1 Å². The van der Waals surface area contributed by atoms with Gasteiger partial charge in [0.1, 0.15) is 6.54 Å². The first-order valence-electron chi connectivity index (χ1n) is 9.75. The minimum absolute atomic E-state index is 0.0718. The van der Waals surface area contributed by atoms with Crippen LogP contribution < -0.4 is 5.32 Å². The zero-order valence-corrected chi connectivity index (χ0v) is 16.7. The van der Waals surface area contributed by atoms with Gasteiger partial charge in [0.25, 0.3) is 0 Å². The molecule has 0 unspecified atom stereocenters. The van der Waals surface area contributed by atoms with Gasteiger partial charge in [-0.25, -0.2) is 9.67 Å². The summed E-state index contributed by atoms with van der Waals surface area (Å²) in [4.78, 5) is 16.9. The third kappa shape index (κ3) is 4.18. The molecule has 3 heterocycles. The van der Waals surface area contributed by atoms with Gasteiger partial charge in [0, 0.05) is 37.1 Å². The molecule has 3 aromatic heterocycles. The molecule has 1 amide bonds. The van der Waals surface area contributed by atoms with Gasteiger partial charge in [-0.05, 0) is 43.5 Å². The van der Waals surface area contributed by atoms with Crippen molar-refractivity contribution in [3.05, 3.63) is 66.2 Å². The van der Waals surface area contributed by atoms with Gasteiger partial charge in [-0.1, -0.05) is 29.8 Å². The molecule has 0 aliphatic rings. The lowest BCUT2D eigenvalue weighted by atomic mass is 10.0. The molecule has 0 fully saturated rings. The fourth-order valence-corrected chi connectivity index (χ4v) is 3.46. The van der Waals surface area contributed by atoms with Crippen molar-refractivity contribution in [3.8, 4) is 11.1 Å². The normalized spacial score (nSPS) is 11.1. The molecular formula is C22H24N6O. The topological polar surface area (TPSA) is 77.6 Å². The molecule has 0 saturated heterocycles. The van der Waals surface area contributed by atoms with E-state index >= 15 is 0 Å². The van der Waals surface area contributed by atoms with Crippen molar-refractivity contribution in [1.82, 2.24) is 29.9 Å². The van der Waals surface area contributed by atoms with E-state index in [1.165, 1.54) is 5.56 Å². The summed E-state index contributed by atoms with van der Waals surface area (Å²) in [7, 11) is 0. The Bertz CT molecular complexity index is 1110. The van der Waals surface area contributed by atoms with E-state index < -0.39 is 0 Å². The number of rotatable bonds is 7. The zero-order chi connectivity index (χ0) is 20.2. The summed E-state index contributed by atoms with van der Waals surface area (Å²) in [6, 6.07) is 12.3. The van der Waals surface area contributed by atoms with Gasteiger partial charge in [0.15, 0.2) is 5.65 Å². The summed E-state index contributed by atoms with van der Waals surface area (Å²) >= 11 is 0. The van der Waals surface area contributed by atoms with Crippen LogP contribution in [0, 0.1) is 13.8 Å². The third-order valence-corrected chi connectivity index (χ3v) is 4.91. The summed E-state index contributed by atoms with van der Waals surface area (Å²) in [6.07, 6.45) is 6.26. The van der Waals surface area contributed by atoms with Crippen molar-refractivity contribution in [1.29, 1.82) is 0 Å². The van der Waals surface area contributed by atoms with E-state index in [0.717, 1.165) is 40.8 Å². The molecule has 0 radical (unpaired) electrons. The fraction of sp³-hybridized carbons (Fsp3) is 0.273. The smallest absolute Gasteiger partial charge is 0.241 e. The predicted octanol–water partition coefficient (Wildman–Crippen LogP) is 3.12. The van der Waals surface area contributed by atoms with Crippen molar-refractivity contribution in [2.75, 3.05) is 6.54 Å². The lowest BCUT2D eigenvalue weighted by molar-refractivity contribution is -0.121. The highest BCUT2D eigenvalue weighted by molar-refractivity contribution is 5.95. The Balaban J connectivity index is 1.47. The number of hydrogen-bond donors (Lipinski definition) is 1. The van der Waals surface area contributed by atoms with Crippen LogP contribution in [0.1, 0.15) is 17.7 Å². The molecule has 1 N–H and O–H groups in total. The zero-order valence-electron chi connectivity index (χ0n) is 16.7. The van der Waals surface area contributed by atoms with Crippen LogP contribution in [0.2, 0.25) is 0 Å². The lowest BCUT2D eigenvalue weighted by Gasteiger charge is -2.07. The summed E-state index contributed by atoms with van der Waals surface area (Å²) in [6.45, 7) is 5.55. The van der Waals surface area contributed by atoms with Crippen LogP contribution >= 0.6 is 0 Å². The van der Waals surface area contributed by atoms with E-state index in [-0.39, 0.29) is 12.5 Å². The maximum atomic E-state index is 12.4. The number of aryl methyl sites for hydroxylation is 3. The molecule has 0 aliphatic carbocycles. The van der Waals surface area contributed by atoms with Crippen molar-refractivity contribution in [2.24, 2.45) is 0 Å². The average molecular weight is 388 g/mol. The van der Waals surface area contributed by atoms with Gasteiger partial charge < -0.3 is 5.32 Å². The monoisotopic (exact) mass is 388 g/mol. The van der Waals surface area contributed by atoms with E-state index in [2.05, 4.69) is 51.7 Å². The highest BCUT2D eigenvalue weighted by Crippen LogP contribution is 2.29. The first-order valence-corrected chi connectivity index (χ1v) is 9.75. The lowest BCUT2D eigenvalue weighted by Crippen LogP contribution is -2.29. The highest BCUT2D eigenvalue weighted by atomic mass is 16.2. The third-order valence-electron chi connectivity index (χ3n) is 4.91. The molecular weight excluding hydrogens is 364 g/mol. The van der Waals surface area contributed by atoms with E-state index in [4.69, 9.17) is 0 Å². The SMILES string of the molecule is Cc1ccc(-c2ccnc3c2c(C)nn3CC(=O)NCCCn2cccn2)cc1. The molecule has 1 aromatic carbocycles. The maximum Gasteiger partial charge on any atom is 0.241 e. The number of benzene rings is 1.